The van der Waals surface area contributed by atoms with Crippen molar-refractivity contribution in [2.75, 3.05) is 0 Å². The zero-order valence-corrected chi connectivity index (χ0v) is 6.84. The Morgan fingerprint density at radius 1 is 1.73 bits per heavy atom. The van der Waals surface area contributed by atoms with Crippen LogP contribution < -0.4 is 0 Å². The van der Waals surface area contributed by atoms with Crippen LogP contribution in [-0.4, -0.2) is 11.5 Å². The van der Waals surface area contributed by atoms with Crippen molar-refractivity contribution in [3.8, 4) is 6.07 Å². The van der Waals surface area contributed by atoms with Crippen LogP contribution in [-0.2, 0) is 0 Å². The Morgan fingerprint density at radius 3 is 3.36 bits per heavy atom. The predicted molar refractivity (Wildman–Crippen MR) is 46.3 cm³/mol. The number of hydrogen-bond donors (Lipinski definition) is 0. The summed E-state index contributed by atoms with van der Waals surface area (Å²) in [6, 6.07) is 2.29. The van der Waals surface area contributed by atoms with Crippen molar-refractivity contribution in [3.63, 3.8) is 0 Å². The predicted octanol–water partition coefficient (Wildman–Crippen LogP) is 1.95. The molecule has 0 bridgehead atoms. The Labute approximate surface area is 70.0 Å². The average molecular weight is 164 g/mol. The lowest BCUT2D eigenvalue weighted by atomic mass is 9.99. The first-order chi connectivity index (χ1) is 5.40. The number of hydrogen-bond acceptors (Lipinski definition) is 3. The van der Waals surface area contributed by atoms with Gasteiger partial charge in [-0.15, -0.1) is 11.8 Å². The number of fused-ring (bicyclic) bond motifs is 1. The maximum absolute atomic E-state index is 8.67. The Kier molecular flexibility index (Phi) is 1.71. The monoisotopic (exact) mass is 164 g/mol. The number of aliphatic imine (C=N–C) groups is 1. The van der Waals surface area contributed by atoms with Crippen molar-refractivity contribution in [1.29, 1.82) is 5.26 Å². The van der Waals surface area contributed by atoms with Gasteiger partial charge in [0.05, 0.1) is 11.3 Å². The SMILES string of the molecule is N#CC1CC2CC=NC=C2S1. The molecule has 2 heterocycles. The van der Waals surface area contributed by atoms with E-state index in [9.17, 15) is 0 Å². The lowest BCUT2D eigenvalue weighted by Gasteiger charge is -2.08. The molecule has 3 heteroatoms. The fraction of sp³-hybridized carbons (Fsp3) is 0.500. The van der Waals surface area contributed by atoms with Crippen molar-refractivity contribution < 1.29 is 0 Å². The van der Waals surface area contributed by atoms with Crippen LogP contribution in [0, 0.1) is 17.2 Å². The third-order valence-electron chi connectivity index (χ3n) is 2.02. The summed E-state index contributed by atoms with van der Waals surface area (Å²) in [7, 11) is 0. The maximum atomic E-state index is 8.67. The summed E-state index contributed by atoms with van der Waals surface area (Å²) in [5.74, 6) is 0.599. The molecular formula is C8H8N2S. The first-order valence-electron chi connectivity index (χ1n) is 3.68. The van der Waals surface area contributed by atoms with E-state index in [0.717, 1.165) is 12.8 Å². The van der Waals surface area contributed by atoms with Gasteiger partial charge in [0, 0.05) is 17.3 Å². The lowest BCUT2D eigenvalue weighted by molar-refractivity contribution is 0.644. The van der Waals surface area contributed by atoms with Crippen LogP contribution in [0.4, 0.5) is 0 Å². The van der Waals surface area contributed by atoms with E-state index in [4.69, 9.17) is 5.26 Å². The summed E-state index contributed by atoms with van der Waals surface area (Å²) in [4.78, 5) is 5.38. The van der Waals surface area contributed by atoms with E-state index in [1.165, 1.54) is 4.91 Å². The molecule has 2 aliphatic rings. The van der Waals surface area contributed by atoms with E-state index in [2.05, 4.69) is 11.1 Å². The van der Waals surface area contributed by atoms with Gasteiger partial charge in [-0.1, -0.05) is 0 Å². The molecule has 1 fully saturated rings. The Morgan fingerprint density at radius 2 is 2.64 bits per heavy atom. The van der Waals surface area contributed by atoms with E-state index >= 15 is 0 Å². The lowest BCUT2D eigenvalue weighted by Crippen LogP contribution is -2.01. The summed E-state index contributed by atoms with van der Waals surface area (Å²) in [5.41, 5.74) is 0. The molecule has 0 aliphatic carbocycles. The Balaban J connectivity index is 2.16. The zero-order valence-electron chi connectivity index (χ0n) is 6.03. The highest BCUT2D eigenvalue weighted by Crippen LogP contribution is 2.43. The molecule has 0 radical (unpaired) electrons. The molecule has 11 heavy (non-hydrogen) atoms. The van der Waals surface area contributed by atoms with Gasteiger partial charge >= 0.3 is 0 Å². The molecule has 0 aromatic heterocycles. The van der Waals surface area contributed by atoms with E-state index in [1.54, 1.807) is 11.8 Å². The maximum Gasteiger partial charge on any atom is 0.0967 e. The second-order valence-corrected chi connectivity index (χ2v) is 4.04. The fourth-order valence-corrected chi connectivity index (χ4v) is 2.64. The Hall–Kier alpha value is -0.750. The normalized spacial score (nSPS) is 34.3. The van der Waals surface area contributed by atoms with Gasteiger partial charge in [-0.05, 0) is 18.8 Å². The van der Waals surface area contributed by atoms with Crippen LogP contribution in [0.25, 0.3) is 0 Å². The number of rotatable bonds is 0. The fourth-order valence-electron chi connectivity index (χ4n) is 1.42. The highest BCUT2D eigenvalue weighted by molar-refractivity contribution is 8.04. The smallest absolute Gasteiger partial charge is 0.0967 e. The zero-order chi connectivity index (χ0) is 7.68. The topological polar surface area (TPSA) is 36.1 Å². The number of nitriles is 1. The molecule has 2 nitrogen and oxygen atoms in total. The molecule has 0 aromatic rings. The molecule has 2 atom stereocenters. The molecular weight excluding hydrogens is 156 g/mol. The van der Waals surface area contributed by atoms with Gasteiger partial charge in [0.15, 0.2) is 0 Å². The summed E-state index contributed by atoms with van der Waals surface area (Å²) in [5, 5.41) is 8.85. The number of allylic oxidation sites excluding steroid dienone is 1. The highest BCUT2D eigenvalue weighted by Gasteiger charge is 2.30. The first-order valence-corrected chi connectivity index (χ1v) is 4.56. The van der Waals surface area contributed by atoms with Crippen molar-refractivity contribution in [2.24, 2.45) is 10.9 Å². The molecule has 0 amide bonds. The van der Waals surface area contributed by atoms with Gasteiger partial charge in [-0.3, -0.25) is 4.99 Å². The number of thioether (sulfide) groups is 1. The van der Waals surface area contributed by atoms with Crippen molar-refractivity contribution in [1.82, 2.24) is 0 Å². The van der Waals surface area contributed by atoms with Gasteiger partial charge in [0.2, 0.25) is 0 Å². The minimum Gasteiger partial charge on any atom is -0.268 e. The molecule has 1 saturated heterocycles. The minimum absolute atomic E-state index is 0.174. The van der Waals surface area contributed by atoms with Crippen LogP contribution in [0.15, 0.2) is 16.1 Å². The van der Waals surface area contributed by atoms with Crippen LogP contribution in [0.5, 0.6) is 0 Å². The Bertz CT molecular complexity index is 262. The van der Waals surface area contributed by atoms with Crippen LogP contribution in [0.1, 0.15) is 12.8 Å². The number of nitrogens with zero attached hydrogens (tertiary/aromatic N) is 2. The molecule has 0 spiro atoms. The standard InChI is InChI=1S/C8H8N2S/c9-4-7-3-6-1-2-10-5-8(6)11-7/h2,5-7H,1,3H2. The second kappa shape index (κ2) is 2.71. The molecule has 0 N–H and O–H groups in total. The van der Waals surface area contributed by atoms with E-state index in [-0.39, 0.29) is 5.25 Å². The molecule has 56 valence electrons. The van der Waals surface area contributed by atoms with Gasteiger partial charge < -0.3 is 0 Å². The van der Waals surface area contributed by atoms with Gasteiger partial charge in [-0.25, -0.2) is 0 Å². The minimum atomic E-state index is 0.174. The van der Waals surface area contributed by atoms with Crippen molar-refractivity contribution in [2.45, 2.75) is 18.1 Å². The second-order valence-electron chi connectivity index (χ2n) is 2.77. The molecule has 2 unspecified atom stereocenters. The van der Waals surface area contributed by atoms with Gasteiger partial charge in [0.1, 0.15) is 0 Å². The quantitative estimate of drug-likeness (QED) is 0.548. The van der Waals surface area contributed by atoms with Gasteiger partial charge in [0.25, 0.3) is 0 Å². The van der Waals surface area contributed by atoms with E-state index in [0.29, 0.717) is 5.92 Å². The van der Waals surface area contributed by atoms with E-state index in [1.807, 2.05) is 12.4 Å². The third-order valence-corrected chi connectivity index (χ3v) is 3.31. The van der Waals surface area contributed by atoms with Crippen molar-refractivity contribution >= 4 is 18.0 Å². The molecule has 0 aromatic carbocycles. The van der Waals surface area contributed by atoms with Crippen LogP contribution in [0.2, 0.25) is 0 Å². The van der Waals surface area contributed by atoms with Crippen molar-refractivity contribution in [3.05, 3.63) is 11.1 Å². The summed E-state index contributed by atoms with van der Waals surface area (Å²) < 4.78 is 0. The van der Waals surface area contributed by atoms with Gasteiger partial charge in [-0.2, -0.15) is 5.26 Å². The summed E-state index contributed by atoms with van der Waals surface area (Å²) in [6.07, 6.45) is 5.88. The molecule has 2 rings (SSSR count). The molecule has 2 aliphatic heterocycles. The first kappa shape index (κ1) is 6.93. The van der Waals surface area contributed by atoms with Crippen LogP contribution >= 0.6 is 11.8 Å². The summed E-state index contributed by atoms with van der Waals surface area (Å²) in [6.45, 7) is 0. The largest absolute Gasteiger partial charge is 0.268 e. The third kappa shape index (κ3) is 1.19. The molecule has 0 saturated carbocycles. The highest BCUT2D eigenvalue weighted by atomic mass is 32.2. The summed E-state index contributed by atoms with van der Waals surface area (Å²) >= 11 is 1.68. The average Bonchev–Trinajstić information content (AvgIpc) is 2.46. The van der Waals surface area contributed by atoms with E-state index < -0.39 is 0 Å². The van der Waals surface area contributed by atoms with Crippen LogP contribution in [0.3, 0.4) is 0 Å².